The Labute approximate surface area is 107 Å². The third-order valence-electron chi connectivity index (χ3n) is 4.55. The highest BCUT2D eigenvalue weighted by molar-refractivity contribution is 5.82. The smallest absolute Gasteiger partial charge is 0.308 e. The van der Waals surface area contributed by atoms with Crippen LogP contribution in [0.3, 0.4) is 0 Å². The summed E-state index contributed by atoms with van der Waals surface area (Å²) >= 11 is 0. The fraction of sp³-hybridized carbons (Fsp3) is 0.846. The van der Waals surface area contributed by atoms with E-state index in [4.69, 9.17) is 5.11 Å². The topological polar surface area (TPSA) is 69.6 Å². The van der Waals surface area contributed by atoms with Crippen molar-refractivity contribution in [1.82, 2.24) is 10.2 Å². The fourth-order valence-corrected chi connectivity index (χ4v) is 3.44. The third kappa shape index (κ3) is 2.11. The SMILES string of the molecule is O=C(O)C1CC2CCC1N2C(=O)CNCC1CC1. The van der Waals surface area contributed by atoms with E-state index in [2.05, 4.69) is 5.32 Å². The lowest BCUT2D eigenvalue weighted by Gasteiger charge is -2.23. The Bertz CT molecular complexity index is 367. The van der Waals surface area contributed by atoms with Gasteiger partial charge in [0.25, 0.3) is 0 Å². The van der Waals surface area contributed by atoms with E-state index in [-0.39, 0.29) is 23.9 Å². The van der Waals surface area contributed by atoms with E-state index in [9.17, 15) is 9.59 Å². The molecule has 3 unspecified atom stereocenters. The predicted molar refractivity (Wildman–Crippen MR) is 65.0 cm³/mol. The summed E-state index contributed by atoms with van der Waals surface area (Å²) in [6.45, 7) is 1.30. The molecule has 0 spiro atoms. The van der Waals surface area contributed by atoms with E-state index >= 15 is 0 Å². The number of aliphatic carboxylic acids is 1. The van der Waals surface area contributed by atoms with Crippen LogP contribution < -0.4 is 5.32 Å². The minimum absolute atomic E-state index is 0.0530. The molecule has 5 heteroatoms. The van der Waals surface area contributed by atoms with Crippen molar-refractivity contribution in [3.63, 3.8) is 0 Å². The Morgan fingerprint density at radius 2 is 2.00 bits per heavy atom. The first-order valence-corrected chi connectivity index (χ1v) is 6.91. The lowest BCUT2D eigenvalue weighted by Crippen LogP contribution is -2.43. The van der Waals surface area contributed by atoms with Gasteiger partial charge in [0, 0.05) is 12.1 Å². The van der Waals surface area contributed by atoms with Gasteiger partial charge in [0.1, 0.15) is 0 Å². The molecule has 3 fully saturated rings. The van der Waals surface area contributed by atoms with Crippen molar-refractivity contribution in [1.29, 1.82) is 0 Å². The van der Waals surface area contributed by atoms with Crippen LogP contribution in [-0.4, -0.2) is 47.1 Å². The zero-order valence-corrected chi connectivity index (χ0v) is 10.5. The number of amides is 1. The summed E-state index contributed by atoms with van der Waals surface area (Å²) in [6.07, 6.45) is 5.03. The lowest BCUT2D eigenvalue weighted by atomic mass is 9.89. The average Bonchev–Trinajstić information content (AvgIpc) is 2.98. The van der Waals surface area contributed by atoms with Gasteiger partial charge in [-0.05, 0) is 44.6 Å². The number of nitrogens with zero attached hydrogens (tertiary/aromatic N) is 1. The molecule has 2 aliphatic heterocycles. The van der Waals surface area contributed by atoms with Crippen LogP contribution >= 0.6 is 0 Å². The summed E-state index contributed by atoms with van der Waals surface area (Å²) in [5, 5.41) is 12.3. The molecule has 2 saturated heterocycles. The van der Waals surface area contributed by atoms with E-state index in [1.807, 2.05) is 4.90 Å². The van der Waals surface area contributed by atoms with E-state index < -0.39 is 5.97 Å². The second-order valence-electron chi connectivity index (χ2n) is 5.85. The monoisotopic (exact) mass is 252 g/mol. The summed E-state index contributed by atoms with van der Waals surface area (Å²) < 4.78 is 0. The number of carboxylic acids is 1. The number of carboxylic acid groups (broad SMARTS) is 1. The summed E-state index contributed by atoms with van der Waals surface area (Å²) in [5.74, 6) is -0.228. The lowest BCUT2D eigenvalue weighted by molar-refractivity contribution is -0.143. The summed E-state index contributed by atoms with van der Waals surface area (Å²) in [5.41, 5.74) is 0. The molecule has 2 heterocycles. The third-order valence-corrected chi connectivity index (χ3v) is 4.55. The van der Waals surface area contributed by atoms with Crippen LogP contribution in [0.5, 0.6) is 0 Å². The first-order chi connectivity index (χ1) is 8.66. The van der Waals surface area contributed by atoms with Gasteiger partial charge in [0.05, 0.1) is 12.5 Å². The highest BCUT2D eigenvalue weighted by Gasteiger charge is 2.50. The maximum atomic E-state index is 12.1. The molecule has 2 N–H and O–H groups in total. The fourth-order valence-electron chi connectivity index (χ4n) is 3.44. The molecule has 0 aromatic carbocycles. The zero-order valence-electron chi connectivity index (χ0n) is 10.5. The van der Waals surface area contributed by atoms with Crippen LogP contribution in [0.1, 0.15) is 32.1 Å². The normalized spacial score (nSPS) is 34.0. The standard InChI is InChI=1S/C13H20N2O3/c16-12(7-14-6-8-1-2-8)15-9-3-4-11(15)10(5-9)13(17)18/h8-11,14H,1-7H2,(H,17,18). The molecule has 3 atom stereocenters. The molecule has 1 amide bonds. The highest BCUT2D eigenvalue weighted by Crippen LogP contribution is 2.41. The number of carbonyl (C=O) groups is 2. The molecule has 3 rings (SSSR count). The molecule has 0 aromatic rings. The van der Waals surface area contributed by atoms with Gasteiger partial charge in [-0.2, -0.15) is 0 Å². The molecule has 1 saturated carbocycles. The molecule has 18 heavy (non-hydrogen) atoms. The average molecular weight is 252 g/mol. The Balaban J connectivity index is 1.55. The molecule has 100 valence electrons. The highest BCUT2D eigenvalue weighted by atomic mass is 16.4. The first kappa shape index (κ1) is 12.0. The van der Waals surface area contributed by atoms with Crippen molar-refractivity contribution in [2.24, 2.45) is 11.8 Å². The van der Waals surface area contributed by atoms with Crippen LogP contribution in [0.4, 0.5) is 0 Å². The van der Waals surface area contributed by atoms with Gasteiger partial charge in [-0.25, -0.2) is 0 Å². The number of hydrogen-bond acceptors (Lipinski definition) is 3. The van der Waals surface area contributed by atoms with E-state index in [0.717, 1.165) is 25.3 Å². The van der Waals surface area contributed by atoms with Crippen molar-refractivity contribution < 1.29 is 14.7 Å². The second kappa shape index (κ2) is 4.53. The first-order valence-electron chi connectivity index (χ1n) is 6.91. The Morgan fingerprint density at radius 1 is 1.22 bits per heavy atom. The van der Waals surface area contributed by atoms with Gasteiger partial charge in [0.2, 0.25) is 5.91 Å². The minimum atomic E-state index is -0.745. The van der Waals surface area contributed by atoms with Crippen LogP contribution in [0.15, 0.2) is 0 Å². The number of hydrogen-bond donors (Lipinski definition) is 2. The summed E-state index contributed by atoms with van der Waals surface area (Å²) in [7, 11) is 0. The van der Waals surface area contributed by atoms with Gasteiger partial charge in [-0.3, -0.25) is 9.59 Å². The van der Waals surface area contributed by atoms with Gasteiger partial charge in [-0.15, -0.1) is 0 Å². The molecular weight excluding hydrogens is 232 g/mol. The van der Waals surface area contributed by atoms with Crippen LogP contribution in [0, 0.1) is 11.8 Å². The molecular formula is C13H20N2O3. The van der Waals surface area contributed by atoms with E-state index in [1.54, 1.807) is 0 Å². The van der Waals surface area contributed by atoms with E-state index in [0.29, 0.717) is 13.0 Å². The van der Waals surface area contributed by atoms with Gasteiger partial charge >= 0.3 is 5.97 Å². The van der Waals surface area contributed by atoms with Crippen molar-refractivity contribution in [3.8, 4) is 0 Å². The molecule has 2 bridgehead atoms. The van der Waals surface area contributed by atoms with Crippen molar-refractivity contribution in [2.45, 2.75) is 44.2 Å². The van der Waals surface area contributed by atoms with Crippen LogP contribution in [0.2, 0.25) is 0 Å². The molecule has 1 aliphatic carbocycles. The Hall–Kier alpha value is -1.10. The summed E-state index contributed by atoms with van der Waals surface area (Å²) in [6, 6.07) is 0.119. The number of rotatable bonds is 5. The van der Waals surface area contributed by atoms with Crippen LogP contribution in [-0.2, 0) is 9.59 Å². The van der Waals surface area contributed by atoms with Gasteiger partial charge in [0.15, 0.2) is 0 Å². The van der Waals surface area contributed by atoms with Gasteiger partial charge in [-0.1, -0.05) is 0 Å². The van der Waals surface area contributed by atoms with Crippen molar-refractivity contribution in [3.05, 3.63) is 0 Å². The maximum absolute atomic E-state index is 12.1. The largest absolute Gasteiger partial charge is 0.481 e. The minimum Gasteiger partial charge on any atom is -0.481 e. The second-order valence-corrected chi connectivity index (χ2v) is 5.85. The Morgan fingerprint density at radius 3 is 2.61 bits per heavy atom. The Kier molecular flexibility index (Phi) is 3.01. The van der Waals surface area contributed by atoms with Crippen LogP contribution in [0.25, 0.3) is 0 Å². The quantitative estimate of drug-likeness (QED) is 0.745. The van der Waals surface area contributed by atoms with E-state index in [1.165, 1.54) is 12.8 Å². The zero-order chi connectivity index (χ0) is 12.7. The molecule has 3 aliphatic rings. The van der Waals surface area contributed by atoms with Crippen molar-refractivity contribution in [2.75, 3.05) is 13.1 Å². The molecule has 0 radical (unpaired) electrons. The molecule has 5 nitrogen and oxygen atoms in total. The number of nitrogens with one attached hydrogen (secondary N) is 1. The van der Waals surface area contributed by atoms with Crippen molar-refractivity contribution >= 4 is 11.9 Å². The maximum Gasteiger partial charge on any atom is 0.308 e. The number of carbonyl (C=O) groups excluding carboxylic acids is 1. The number of fused-ring (bicyclic) bond motifs is 2. The molecule has 0 aromatic heterocycles. The van der Waals surface area contributed by atoms with Gasteiger partial charge < -0.3 is 15.3 Å². The predicted octanol–water partition coefficient (Wildman–Crippen LogP) is 0.450. The summed E-state index contributed by atoms with van der Waals surface area (Å²) in [4.78, 5) is 25.1.